The number of amides is 2. The standard InChI is InChI=1S/C25H25N3O2/c1-16-6-5-7-21(14-16)24(29)27-22-10-8-20(9-11-22)25(30)28-26-15-23-18(3)12-17(2)13-19(23)4/h5-15H,1-4H3,(H,27,29)(H,28,30). The van der Waals surface area contributed by atoms with Gasteiger partial charge in [-0.05, 0) is 75.2 Å². The molecule has 0 aliphatic carbocycles. The number of hydrogen-bond acceptors (Lipinski definition) is 3. The molecular formula is C25H25N3O2. The highest BCUT2D eigenvalue weighted by atomic mass is 16.2. The number of nitrogens with one attached hydrogen (secondary N) is 2. The zero-order chi connectivity index (χ0) is 21.7. The van der Waals surface area contributed by atoms with Crippen molar-refractivity contribution in [3.8, 4) is 0 Å². The molecule has 0 aliphatic rings. The van der Waals surface area contributed by atoms with Crippen molar-refractivity contribution in [2.24, 2.45) is 5.10 Å². The predicted molar refractivity (Wildman–Crippen MR) is 121 cm³/mol. The first-order chi connectivity index (χ1) is 14.3. The Kier molecular flexibility index (Phi) is 6.42. The molecule has 0 bridgehead atoms. The van der Waals surface area contributed by atoms with E-state index in [9.17, 15) is 9.59 Å². The molecule has 5 heteroatoms. The van der Waals surface area contributed by atoms with E-state index in [-0.39, 0.29) is 11.8 Å². The highest BCUT2D eigenvalue weighted by Gasteiger charge is 2.08. The zero-order valence-corrected chi connectivity index (χ0v) is 17.6. The first-order valence-electron chi connectivity index (χ1n) is 9.73. The first-order valence-corrected chi connectivity index (χ1v) is 9.73. The van der Waals surface area contributed by atoms with Gasteiger partial charge in [0.05, 0.1) is 6.21 Å². The number of carbonyl (C=O) groups excluding carboxylic acids is 2. The second kappa shape index (κ2) is 9.18. The van der Waals surface area contributed by atoms with Crippen molar-refractivity contribution in [3.63, 3.8) is 0 Å². The number of aryl methyl sites for hydroxylation is 4. The smallest absolute Gasteiger partial charge is 0.271 e. The molecule has 0 saturated carbocycles. The molecule has 0 heterocycles. The molecule has 30 heavy (non-hydrogen) atoms. The Morgan fingerprint density at radius 3 is 2.07 bits per heavy atom. The van der Waals surface area contributed by atoms with Crippen molar-refractivity contribution >= 4 is 23.7 Å². The second-order valence-electron chi connectivity index (χ2n) is 7.41. The third-order valence-electron chi connectivity index (χ3n) is 4.78. The van der Waals surface area contributed by atoms with E-state index in [1.807, 2.05) is 39.0 Å². The summed E-state index contributed by atoms with van der Waals surface area (Å²) in [6.07, 6.45) is 1.67. The summed E-state index contributed by atoms with van der Waals surface area (Å²) in [6, 6.07) is 18.2. The third kappa shape index (κ3) is 5.20. The first kappa shape index (κ1) is 21.0. The van der Waals surface area contributed by atoms with Gasteiger partial charge in [0.25, 0.3) is 11.8 Å². The molecule has 0 saturated heterocycles. The molecule has 0 spiro atoms. The third-order valence-corrected chi connectivity index (χ3v) is 4.78. The van der Waals surface area contributed by atoms with Gasteiger partial charge in [0.15, 0.2) is 0 Å². The van der Waals surface area contributed by atoms with Crippen LogP contribution < -0.4 is 10.7 Å². The predicted octanol–water partition coefficient (Wildman–Crippen LogP) is 4.94. The number of hydrogen-bond donors (Lipinski definition) is 2. The molecule has 2 N–H and O–H groups in total. The van der Waals surface area contributed by atoms with E-state index < -0.39 is 0 Å². The highest BCUT2D eigenvalue weighted by Crippen LogP contribution is 2.15. The van der Waals surface area contributed by atoms with Crippen LogP contribution in [0.5, 0.6) is 0 Å². The van der Waals surface area contributed by atoms with Gasteiger partial charge in [0, 0.05) is 22.4 Å². The molecular weight excluding hydrogens is 374 g/mol. The van der Waals surface area contributed by atoms with E-state index in [1.165, 1.54) is 5.56 Å². The molecule has 0 fully saturated rings. The summed E-state index contributed by atoms with van der Waals surface area (Å²) in [5.74, 6) is -0.505. The van der Waals surface area contributed by atoms with Crippen LogP contribution in [0.3, 0.4) is 0 Å². The van der Waals surface area contributed by atoms with Crippen LogP contribution in [0.2, 0.25) is 0 Å². The summed E-state index contributed by atoms with van der Waals surface area (Å²) in [5, 5.41) is 6.93. The SMILES string of the molecule is Cc1cccc(C(=O)Nc2ccc(C(=O)NN=Cc3c(C)cc(C)cc3C)cc2)c1. The van der Waals surface area contributed by atoms with Crippen LogP contribution in [0.15, 0.2) is 65.8 Å². The molecule has 5 nitrogen and oxygen atoms in total. The highest BCUT2D eigenvalue weighted by molar-refractivity contribution is 6.04. The molecule has 0 radical (unpaired) electrons. The molecule has 3 aromatic rings. The van der Waals surface area contributed by atoms with E-state index in [1.54, 1.807) is 36.5 Å². The number of carbonyl (C=O) groups is 2. The zero-order valence-electron chi connectivity index (χ0n) is 17.6. The van der Waals surface area contributed by atoms with E-state index in [0.29, 0.717) is 16.8 Å². The summed E-state index contributed by atoms with van der Waals surface area (Å²) in [4.78, 5) is 24.7. The number of rotatable bonds is 5. The van der Waals surface area contributed by atoms with Gasteiger partial charge in [-0.3, -0.25) is 9.59 Å². The van der Waals surface area contributed by atoms with Gasteiger partial charge in [-0.2, -0.15) is 5.10 Å². The average Bonchev–Trinajstić information content (AvgIpc) is 2.70. The molecule has 0 aliphatic heterocycles. The fraction of sp³-hybridized carbons (Fsp3) is 0.160. The maximum atomic E-state index is 12.3. The lowest BCUT2D eigenvalue weighted by atomic mass is 10.0. The van der Waals surface area contributed by atoms with E-state index in [0.717, 1.165) is 22.3 Å². The normalized spacial score (nSPS) is 10.8. The summed E-state index contributed by atoms with van der Waals surface area (Å²) >= 11 is 0. The van der Waals surface area contributed by atoms with Crippen LogP contribution in [0, 0.1) is 27.7 Å². The maximum Gasteiger partial charge on any atom is 0.271 e. The largest absolute Gasteiger partial charge is 0.322 e. The number of benzene rings is 3. The van der Waals surface area contributed by atoms with Crippen LogP contribution >= 0.6 is 0 Å². The average molecular weight is 399 g/mol. The number of anilines is 1. The maximum absolute atomic E-state index is 12.3. The van der Waals surface area contributed by atoms with E-state index in [4.69, 9.17) is 0 Å². The van der Waals surface area contributed by atoms with Gasteiger partial charge in [-0.15, -0.1) is 0 Å². The van der Waals surface area contributed by atoms with Crippen molar-refractivity contribution in [3.05, 3.63) is 99.6 Å². The minimum absolute atomic E-state index is 0.190. The Morgan fingerprint density at radius 2 is 1.43 bits per heavy atom. The molecule has 0 aromatic heterocycles. The molecule has 152 valence electrons. The van der Waals surface area contributed by atoms with Crippen molar-refractivity contribution in [1.82, 2.24) is 5.43 Å². The fourth-order valence-electron chi connectivity index (χ4n) is 3.31. The number of nitrogens with zero attached hydrogens (tertiary/aromatic N) is 1. The van der Waals surface area contributed by atoms with Crippen LogP contribution in [0.1, 0.15) is 48.5 Å². The van der Waals surface area contributed by atoms with Gasteiger partial charge in [-0.1, -0.05) is 35.4 Å². The van der Waals surface area contributed by atoms with E-state index >= 15 is 0 Å². The molecule has 0 unspecified atom stereocenters. The van der Waals surface area contributed by atoms with Crippen LogP contribution in [-0.4, -0.2) is 18.0 Å². The Balaban J connectivity index is 1.62. The monoisotopic (exact) mass is 399 g/mol. The minimum Gasteiger partial charge on any atom is -0.322 e. The fourth-order valence-corrected chi connectivity index (χ4v) is 3.31. The van der Waals surface area contributed by atoms with Crippen LogP contribution in [0.25, 0.3) is 0 Å². The molecule has 3 rings (SSSR count). The van der Waals surface area contributed by atoms with Crippen molar-refractivity contribution in [2.75, 3.05) is 5.32 Å². The van der Waals surface area contributed by atoms with Crippen molar-refractivity contribution in [2.45, 2.75) is 27.7 Å². The van der Waals surface area contributed by atoms with Gasteiger partial charge < -0.3 is 5.32 Å². The summed E-state index contributed by atoms with van der Waals surface area (Å²) in [6.45, 7) is 8.03. The van der Waals surface area contributed by atoms with Crippen LogP contribution in [-0.2, 0) is 0 Å². The topological polar surface area (TPSA) is 70.6 Å². The van der Waals surface area contributed by atoms with E-state index in [2.05, 4.69) is 34.9 Å². The Hall–Kier alpha value is -3.73. The quantitative estimate of drug-likeness (QED) is 0.471. The Bertz CT molecular complexity index is 1090. The summed E-state index contributed by atoms with van der Waals surface area (Å²) < 4.78 is 0. The lowest BCUT2D eigenvalue weighted by molar-refractivity contribution is 0.0954. The van der Waals surface area contributed by atoms with Gasteiger partial charge >= 0.3 is 0 Å². The molecule has 2 amide bonds. The minimum atomic E-state index is -0.315. The molecule has 3 aromatic carbocycles. The van der Waals surface area contributed by atoms with Gasteiger partial charge in [0.1, 0.15) is 0 Å². The van der Waals surface area contributed by atoms with Crippen molar-refractivity contribution in [1.29, 1.82) is 0 Å². The molecule has 0 atom stereocenters. The lowest BCUT2D eigenvalue weighted by Gasteiger charge is -2.08. The van der Waals surface area contributed by atoms with Gasteiger partial charge in [-0.25, -0.2) is 5.43 Å². The second-order valence-corrected chi connectivity index (χ2v) is 7.41. The van der Waals surface area contributed by atoms with Crippen LogP contribution in [0.4, 0.5) is 5.69 Å². The van der Waals surface area contributed by atoms with Gasteiger partial charge in [0.2, 0.25) is 0 Å². The summed E-state index contributed by atoms with van der Waals surface area (Å²) in [5.41, 5.74) is 9.65. The lowest BCUT2D eigenvalue weighted by Crippen LogP contribution is -2.18. The number of hydrazone groups is 1. The Labute approximate surface area is 176 Å². The summed E-state index contributed by atoms with van der Waals surface area (Å²) in [7, 11) is 0. The van der Waals surface area contributed by atoms with Crippen molar-refractivity contribution < 1.29 is 9.59 Å². The Morgan fingerprint density at radius 1 is 0.767 bits per heavy atom.